The van der Waals surface area contributed by atoms with E-state index in [9.17, 15) is 8.42 Å². The Morgan fingerprint density at radius 2 is 2.07 bits per heavy atom. The summed E-state index contributed by atoms with van der Waals surface area (Å²) in [6.45, 7) is 4.41. The number of fused-ring (bicyclic) bond motifs is 2. The average molecular weight is 386 g/mol. The molecular weight excluding hydrogens is 364 g/mol. The Labute approximate surface area is 158 Å². The lowest BCUT2D eigenvalue weighted by Crippen LogP contribution is -2.35. The number of ether oxygens (including phenoxy) is 1. The zero-order chi connectivity index (χ0) is 19.2. The predicted octanol–water partition coefficient (Wildman–Crippen LogP) is 2.45. The Morgan fingerprint density at radius 3 is 2.85 bits per heavy atom. The van der Waals surface area contributed by atoms with E-state index in [1.807, 2.05) is 24.1 Å². The number of nitrogens with one attached hydrogen (secondary N) is 1. The molecule has 0 fully saturated rings. The molecule has 0 amide bonds. The van der Waals surface area contributed by atoms with Crippen LogP contribution in [0.15, 0.2) is 30.7 Å². The third-order valence-electron chi connectivity index (χ3n) is 5.08. The van der Waals surface area contributed by atoms with E-state index in [0.717, 1.165) is 38.7 Å². The zero-order valence-electron chi connectivity index (χ0n) is 15.6. The summed E-state index contributed by atoms with van der Waals surface area (Å²) < 4.78 is 34.4. The number of aromatic nitrogens is 3. The van der Waals surface area contributed by atoms with Crippen molar-refractivity contribution in [2.24, 2.45) is 7.05 Å². The van der Waals surface area contributed by atoms with E-state index in [1.165, 1.54) is 0 Å². The molecular formula is C19H22N4O3S. The second-order valence-electron chi connectivity index (χ2n) is 6.84. The van der Waals surface area contributed by atoms with Crippen LogP contribution < -0.4 is 4.72 Å². The predicted molar refractivity (Wildman–Crippen MR) is 104 cm³/mol. The first-order valence-electron chi connectivity index (χ1n) is 8.87. The zero-order valence-corrected chi connectivity index (χ0v) is 16.4. The topological polar surface area (TPSA) is 86.1 Å². The Hall–Kier alpha value is -2.29. The van der Waals surface area contributed by atoms with Crippen LogP contribution in [0.1, 0.15) is 29.7 Å². The molecule has 7 nitrogen and oxygen atoms in total. The fourth-order valence-electron chi connectivity index (χ4n) is 3.57. The number of rotatable bonds is 4. The highest BCUT2D eigenvalue weighted by Gasteiger charge is 2.27. The summed E-state index contributed by atoms with van der Waals surface area (Å²) in [6.07, 6.45) is 5.41. The SMILES string of the molecule is CCS(=O)(=O)NC1COCc2c(-c3cc4c(cnn4C)cc3C)cncc21. The lowest BCUT2D eigenvalue weighted by atomic mass is 9.91. The van der Waals surface area contributed by atoms with Gasteiger partial charge in [0.2, 0.25) is 10.0 Å². The third kappa shape index (κ3) is 3.24. The number of sulfonamides is 1. The van der Waals surface area contributed by atoms with Crippen molar-refractivity contribution in [3.05, 3.63) is 47.4 Å². The second kappa shape index (κ2) is 6.70. The van der Waals surface area contributed by atoms with Crippen LogP contribution in [0.3, 0.4) is 0 Å². The molecule has 0 saturated carbocycles. The molecule has 3 aromatic rings. The highest BCUT2D eigenvalue weighted by atomic mass is 32.2. The summed E-state index contributed by atoms with van der Waals surface area (Å²) in [5.41, 5.74) is 6.02. The van der Waals surface area contributed by atoms with Crippen LogP contribution in [0, 0.1) is 6.92 Å². The van der Waals surface area contributed by atoms with E-state index >= 15 is 0 Å². The maximum atomic E-state index is 12.0. The molecule has 3 heterocycles. The van der Waals surface area contributed by atoms with E-state index in [1.54, 1.807) is 13.1 Å². The molecule has 8 heteroatoms. The first-order valence-corrected chi connectivity index (χ1v) is 10.5. The van der Waals surface area contributed by atoms with Gasteiger partial charge in [-0.3, -0.25) is 9.67 Å². The Kier molecular flexibility index (Phi) is 4.49. The molecule has 0 aliphatic carbocycles. The lowest BCUT2D eigenvalue weighted by molar-refractivity contribution is 0.0884. The number of nitrogens with zero attached hydrogens (tertiary/aromatic N) is 3. The normalized spacial score (nSPS) is 17.2. The van der Waals surface area contributed by atoms with Gasteiger partial charge in [0.1, 0.15) is 0 Å². The third-order valence-corrected chi connectivity index (χ3v) is 6.49. The number of hydrogen-bond acceptors (Lipinski definition) is 5. The Balaban J connectivity index is 1.84. The lowest BCUT2D eigenvalue weighted by Gasteiger charge is -2.28. The molecule has 1 aromatic carbocycles. The maximum Gasteiger partial charge on any atom is 0.211 e. The fraction of sp³-hybridized carbons (Fsp3) is 0.368. The van der Waals surface area contributed by atoms with Crippen LogP contribution in [0.25, 0.3) is 22.0 Å². The minimum Gasteiger partial charge on any atom is -0.375 e. The Bertz CT molecular complexity index is 1120. The maximum absolute atomic E-state index is 12.0. The molecule has 2 aromatic heterocycles. The molecule has 1 atom stereocenters. The van der Waals surface area contributed by atoms with Gasteiger partial charge in [0.05, 0.1) is 36.7 Å². The number of aryl methyl sites for hydroxylation is 2. The second-order valence-corrected chi connectivity index (χ2v) is 8.88. The number of hydrogen-bond donors (Lipinski definition) is 1. The fourth-order valence-corrected chi connectivity index (χ4v) is 4.36. The molecule has 1 aliphatic heterocycles. The van der Waals surface area contributed by atoms with E-state index in [0.29, 0.717) is 13.2 Å². The molecule has 1 aliphatic rings. The van der Waals surface area contributed by atoms with Crippen molar-refractivity contribution in [1.29, 1.82) is 0 Å². The van der Waals surface area contributed by atoms with E-state index in [2.05, 4.69) is 33.9 Å². The van der Waals surface area contributed by atoms with Crippen LogP contribution in [0.2, 0.25) is 0 Å². The minimum absolute atomic E-state index is 0.0300. The molecule has 27 heavy (non-hydrogen) atoms. The standard InChI is InChI=1S/C19H22N4O3S/c1-4-27(24,25)22-18-11-26-10-17-15(8-20-9-16(17)18)14-6-19-13(5-12(14)2)7-21-23(19)3/h5-9,18,22H,4,10-11H2,1-3H3. The van der Waals surface area contributed by atoms with Crippen molar-refractivity contribution < 1.29 is 13.2 Å². The van der Waals surface area contributed by atoms with Crippen LogP contribution in [0.5, 0.6) is 0 Å². The van der Waals surface area contributed by atoms with Crippen LogP contribution in [-0.4, -0.2) is 35.5 Å². The molecule has 0 radical (unpaired) electrons. The summed E-state index contributed by atoms with van der Waals surface area (Å²) in [5, 5.41) is 5.41. The minimum atomic E-state index is -3.34. The molecule has 1 N–H and O–H groups in total. The molecule has 0 saturated heterocycles. The van der Waals surface area contributed by atoms with Crippen LogP contribution in [0.4, 0.5) is 0 Å². The van der Waals surface area contributed by atoms with Gasteiger partial charge in [0.25, 0.3) is 0 Å². The van der Waals surface area contributed by atoms with E-state index in [-0.39, 0.29) is 5.75 Å². The first kappa shape index (κ1) is 18.1. The molecule has 0 spiro atoms. The van der Waals surface area contributed by atoms with Gasteiger partial charge in [0.15, 0.2) is 0 Å². The largest absolute Gasteiger partial charge is 0.375 e. The Morgan fingerprint density at radius 1 is 1.26 bits per heavy atom. The van der Waals surface area contributed by atoms with Crippen molar-refractivity contribution in [2.75, 3.05) is 12.4 Å². The van der Waals surface area contributed by atoms with Gasteiger partial charge in [-0.05, 0) is 48.2 Å². The highest BCUT2D eigenvalue weighted by Crippen LogP contribution is 2.35. The van der Waals surface area contributed by atoms with Crippen molar-refractivity contribution in [1.82, 2.24) is 19.5 Å². The van der Waals surface area contributed by atoms with Crippen molar-refractivity contribution >= 4 is 20.9 Å². The average Bonchev–Trinajstić information content (AvgIpc) is 3.00. The van der Waals surface area contributed by atoms with Gasteiger partial charge in [-0.2, -0.15) is 5.10 Å². The van der Waals surface area contributed by atoms with Gasteiger partial charge < -0.3 is 4.74 Å². The summed E-state index contributed by atoms with van der Waals surface area (Å²) in [5.74, 6) is 0.0300. The highest BCUT2D eigenvalue weighted by molar-refractivity contribution is 7.89. The summed E-state index contributed by atoms with van der Waals surface area (Å²) in [6, 6.07) is 3.79. The van der Waals surface area contributed by atoms with Gasteiger partial charge in [-0.25, -0.2) is 13.1 Å². The van der Waals surface area contributed by atoms with E-state index in [4.69, 9.17) is 4.74 Å². The number of pyridine rings is 1. The monoisotopic (exact) mass is 386 g/mol. The molecule has 4 rings (SSSR count). The first-order chi connectivity index (χ1) is 12.9. The summed E-state index contributed by atoms with van der Waals surface area (Å²) in [4.78, 5) is 4.40. The van der Waals surface area contributed by atoms with Crippen molar-refractivity contribution in [3.8, 4) is 11.1 Å². The van der Waals surface area contributed by atoms with Crippen molar-refractivity contribution in [2.45, 2.75) is 26.5 Å². The quantitative estimate of drug-likeness (QED) is 0.744. The van der Waals surface area contributed by atoms with Gasteiger partial charge in [0, 0.05) is 30.4 Å². The summed E-state index contributed by atoms with van der Waals surface area (Å²) in [7, 11) is -1.43. The van der Waals surface area contributed by atoms with E-state index < -0.39 is 16.1 Å². The van der Waals surface area contributed by atoms with Crippen molar-refractivity contribution in [3.63, 3.8) is 0 Å². The van der Waals surface area contributed by atoms with Gasteiger partial charge >= 0.3 is 0 Å². The van der Waals surface area contributed by atoms with Gasteiger partial charge in [-0.15, -0.1) is 0 Å². The molecule has 142 valence electrons. The van der Waals surface area contributed by atoms with Gasteiger partial charge in [-0.1, -0.05) is 0 Å². The van der Waals surface area contributed by atoms with Crippen LogP contribution in [-0.2, 0) is 28.4 Å². The molecule has 0 bridgehead atoms. The molecule has 1 unspecified atom stereocenters. The number of benzene rings is 1. The smallest absolute Gasteiger partial charge is 0.211 e. The summed E-state index contributed by atoms with van der Waals surface area (Å²) >= 11 is 0. The van der Waals surface area contributed by atoms with Crippen LogP contribution >= 0.6 is 0 Å².